The van der Waals surface area contributed by atoms with Crippen molar-refractivity contribution in [3.8, 4) is 0 Å². The van der Waals surface area contributed by atoms with Crippen LogP contribution in [0.15, 0.2) is 12.8 Å². The van der Waals surface area contributed by atoms with Gasteiger partial charge in [-0.2, -0.15) is 0 Å². The van der Waals surface area contributed by atoms with E-state index in [1.807, 2.05) is 9.79 Å². The van der Waals surface area contributed by atoms with Crippen molar-refractivity contribution >= 4 is 22.2 Å². The van der Waals surface area contributed by atoms with Crippen LogP contribution >= 0.6 is 16.1 Å². The Bertz CT molecular complexity index is 240. The third-order valence-electron chi connectivity index (χ3n) is 1.28. The van der Waals surface area contributed by atoms with E-state index >= 15 is 0 Å². The number of halogens is 1. The topological polar surface area (TPSA) is 17.8 Å². The first-order valence-electron chi connectivity index (χ1n) is 3.14. The van der Waals surface area contributed by atoms with Crippen LogP contribution in [0.1, 0.15) is 18.4 Å². The van der Waals surface area contributed by atoms with E-state index in [9.17, 15) is 0 Å². The molecule has 1 heterocycles. The lowest BCUT2D eigenvalue weighted by Gasteiger charge is -1.89. The van der Waals surface area contributed by atoms with Gasteiger partial charge in [-0.3, -0.25) is 3.59 Å². The molecule has 1 rings (SSSR count). The van der Waals surface area contributed by atoms with E-state index in [4.69, 9.17) is 0 Å². The molecule has 0 N–H and O–H groups in total. The molecule has 0 aliphatic heterocycles. The van der Waals surface area contributed by atoms with Crippen LogP contribution in [0.5, 0.6) is 0 Å². The highest BCUT2D eigenvalue weighted by Crippen LogP contribution is 2.07. The van der Waals surface area contributed by atoms with Gasteiger partial charge < -0.3 is 0 Å². The zero-order valence-electron chi connectivity index (χ0n) is 5.84. The predicted octanol–water partition coefficient (Wildman–Crippen LogP) is 2.25. The number of rotatable bonds is 2. The largest absolute Gasteiger partial charge is 0.269 e. The minimum Gasteiger partial charge on any atom is -0.269 e. The molecule has 0 aliphatic rings. The van der Waals surface area contributed by atoms with Gasteiger partial charge in [-0.15, -0.1) is 0 Å². The van der Waals surface area contributed by atoms with Crippen LogP contribution in [-0.2, 0) is 6.42 Å². The number of hydrogen-bond acceptors (Lipinski definition) is 1. The molecule has 0 atom stereocenters. The maximum Gasteiger partial charge on any atom is 0.119 e. The van der Waals surface area contributed by atoms with Gasteiger partial charge in [0.15, 0.2) is 0 Å². The molecule has 54 valence electrons. The average Bonchev–Trinajstić information content (AvgIpc) is 2.30. The lowest BCUT2D eigenvalue weighted by molar-refractivity contribution is 0.967. The summed E-state index contributed by atoms with van der Waals surface area (Å²) in [6.45, 7) is 5.69. The molecule has 0 unspecified atom stereocenters. The highest BCUT2D eigenvalue weighted by atomic mass is 79.9. The first-order chi connectivity index (χ1) is 4.77. The fourth-order valence-corrected chi connectivity index (χ4v) is 1.28. The summed E-state index contributed by atoms with van der Waals surface area (Å²) >= 11 is 3.32. The number of hydrogen-bond donors (Lipinski definition) is 0. The van der Waals surface area contributed by atoms with Crippen molar-refractivity contribution in [2.45, 2.75) is 13.3 Å². The molecule has 0 aromatic carbocycles. The Morgan fingerprint density at radius 2 is 2.60 bits per heavy atom. The zero-order chi connectivity index (χ0) is 7.56. The van der Waals surface area contributed by atoms with Crippen LogP contribution in [0.25, 0.3) is 6.08 Å². The number of aromatic nitrogens is 2. The second-order valence-electron chi connectivity index (χ2n) is 1.95. The first-order valence-corrected chi connectivity index (χ1v) is 3.85. The fourth-order valence-electron chi connectivity index (χ4n) is 0.745. The lowest BCUT2D eigenvalue weighted by atomic mass is 10.5. The van der Waals surface area contributed by atoms with Crippen molar-refractivity contribution < 1.29 is 0 Å². The monoisotopic (exact) mass is 200 g/mol. The van der Waals surface area contributed by atoms with Crippen molar-refractivity contribution in [2.75, 3.05) is 0 Å². The van der Waals surface area contributed by atoms with Gasteiger partial charge in [0.25, 0.3) is 0 Å². The van der Waals surface area contributed by atoms with E-state index in [0.717, 1.165) is 17.9 Å². The Balaban J connectivity index is 3.03. The van der Waals surface area contributed by atoms with Crippen LogP contribution in [0, 0.1) is 0 Å². The molecule has 0 aliphatic carbocycles. The summed E-state index contributed by atoms with van der Waals surface area (Å²) in [5.41, 5.74) is 0.911. The summed E-state index contributed by atoms with van der Waals surface area (Å²) in [6, 6.07) is 0. The molecule has 10 heavy (non-hydrogen) atoms. The van der Waals surface area contributed by atoms with Crippen molar-refractivity contribution in [1.29, 1.82) is 0 Å². The molecule has 0 amide bonds. The smallest absolute Gasteiger partial charge is 0.119 e. The second kappa shape index (κ2) is 3.01. The maximum atomic E-state index is 4.24. The molecular weight excluding hydrogens is 192 g/mol. The molecule has 2 nitrogen and oxygen atoms in total. The zero-order valence-corrected chi connectivity index (χ0v) is 7.43. The molecule has 0 saturated carbocycles. The Labute approximate surface area is 68.9 Å². The van der Waals surface area contributed by atoms with Crippen LogP contribution in [-0.4, -0.2) is 8.58 Å². The van der Waals surface area contributed by atoms with E-state index in [0.29, 0.717) is 0 Å². The van der Waals surface area contributed by atoms with E-state index in [2.05, 4.69) is 34.6 Å². The van der Waals surface area contributed by atoms with E-state index in [1.54, 1.807) is 6.08 Å². The van der Waals surface area contributed by atoms with Gasteiger partial charge in [0, 0.05) is 12.6 Å². The Morgan fingerprint density at radius 3 is 2.90 bits per heavy atom. The normalized spacial score (nSPS) is 9.80. The quantitative estimate of drug-likeness (QED) is 0.717. The minimum atomic E-state index is 0.911. The van der Waals surface area contributed by atoms with Gasteiger partial charge in [0.1, 0.15) is 5.82 Å². The summed E-state index contributed by atoms with van der Waals surface area (Å²) in [4.78, 5) is 4.24. The standard InChI is InChI=1S/C7H9BrN2/c1-3-6-5-10(8)7(4-2)9-6/h3,5H,1,4H2,2H3. The summed E-state index contributed by atoms with van der Waals surface area (Å²) in [6.07, 6.45) is 4.56. The molecule has 0 fully saturated rings. The third kappa shape index (κ3) is 1.29. The van der Waals surface area contributed by atoms with E-state index < -0.39 is 0 Å². The van der Waals surface area contributed by atoms with Gasteiger partial charge in [0.2, 0.25) is 0 Å². The Hall–Kier alpha value is -0.570. The number of nitrogens with zero attached hydrogens (tertiary/aromatic N) is 2. The van der Waals surface area contributed by atoms with Crippen LogP contribution in [0.4, 0.5) is 0 Å². The van der Waals surface area contributed by atoms with Crippen molar-refractivity contribution in [2.24, 2.45) is 0 Å². The molecule has 0 saturated heterocycles. The molecule has 1 aromatic heterocycles. The molecular formula is C7H9BrN2. The van der Waals surface area contributed by atoms with Crippen molar-refractivity contribution in [3.05, 3.63) is 24.3 Å². The van der Waals surface area contributed by atoms with E-state index in [1.165, 1.54) is 0 Å². The molecule has 3 heteroatoms. The molecule has 0 spiro atoms. The second-order valence-corrected chi connectivity index (χ2v) is 2.72. The maximum absolute atomic E-state index is 4.24. The molecule has 0 radical (unpaired) electrons. The van der Waals surface area contributed by atoms with Gasteiger partial charge in [-0.25, -0.2) is 4.98 Å². The summed E-state index contributed by atoms with van der Waals surface area (Å²) in [5.74, 6) is 1.02. The highest BCUT2D eigenvalue weighted by Gasteiger charge is 1.99. The summed E-state index contributed by atoms with van der Waals surface area (Å²) < 4.78 is 1.84. The van der Waals surface area contributed by atoms with Crippen molar-refractivity contribution in [1.82, 2.24) is 8.58 Å². The fraction of sp³-hybridized carbons (Fsp3) is 0.286. The Morgan fingerprint density at radius 1 is 1.90 bits per heavy atom. The van der Waals surface area contributed by atoms with Gasteiger partial charge in [0.05, 0.1) is 21.8 Å². The molecule has 1 aromatic rings. The number of imidazole rings is 1. The summed E-state index contributed by atoms with van der Waals surface area (Å²) in [5, 5.41) is 0. The molecule has 0 bridgehead atoms. The summed E-state index contributed by atoms with van der Waals surface area (Å²) in [7, 11) is 0. The minimum absolute atomic E-state index is 0.911. The average molecular weight is 201 g/mol. The third-order valence-corrected chi connectivity index (χ3v) is 1.89. The van der Waals surface area contributed by atoms with Gasteiger partial charge >= 0.3 is 0 Å². The van der Waals surface area contributed by atoms with Crippen molar-refractivity contribution in [3.63, 3.8) is 0 Å². The van der Waals surface area contributed by atoms with Gasteiger partial charge in [-0.05, 0) is 6.08 Å². The van der Waals surface area contributed by atoms with Crippen LogP contribution in [0.3, 0.4) is 0 Å². The van der Waals surface area contributed by atoms with E-state index in [-0.39, 0.29) is 0 Å². The Kier molecular flexibility index (Phi) is 2.27. The SMILES string of the molecule is C=Cc1cn(Br)c(CC)n1. The van der Waals surface area contributed by atoms with Crippen LogP contribution < -0.4 is 0 Å². The highest BCUT2D eigenvalue weighted by molar-refractivity contribution is 9.08. The van der Waals surface area contributed by atoms with Gasteiger partial charge in [-0.1, -0.05) is 13.5 Å². The lowest BCUT2D eigenvalue weighted by Crippen LogP contribution is -1.87. The predicted molar refractivity (Wildman–Crippen MR) is 46.0 cm³/mol. The number of aryl methyl sites for hydroxylation is 1. The van der Waals surface area contributed by atoms with Crippen LogP contribution in [0.2, 0.25) is 0 Å². The first kappa shape index (κ1) is 7.54.